The van der Waals surface area contributed by atoms with Gasteiger partial charge in [-0.3, -0.25) is 0 Å². The second kappa shape index (κ2) is 3.39. The molecule has 1 aromatic rings. The van der Waals surface area contributed by atoms with E-state index >= 15 is 0 Å². The molecular weight excluding hydrogens is 202 g/mol. The fourth-order valence-corrected chi connectivity index (χ4v) is 2.10. The molecule has 0 fully saturated rings. The number of hydrogen-bond donors (Lipinski definition) is 2. The van der Waals surface area contributed by atoms with Crippen LogP contribution in [0, 0.1) is 27.2 Å². The molecule has 1 aromatic carbocycles. The minimum atomic E-state index is -0.437. The van der Waals surface area contributed by atoms with Crippen LogP contribution in [0.3, 0.4) is 0 Å². The fourth-order valence-electron chi connectivity index (χ4n) is 2.10. The molecule has 0 aliphatic carbocycles. The van der Waals surface area contributed by atoms with Gasteiger partial charge in [0.15, 0.2) is 0 Å². The number of hydrogen-bond acceptors (Lipinski definition) is 3. The van der Waals surface area contributed by atoms with Crippen molar-refractivity contribution in [1.82, 2.24) is 0 Å². The van der Waals surface area contributed by atoms with Crippen molar-refractivity contribution in [3.63, 3.8) is 0 Å². The Hall–Kier alpha value is -1.22. The number of nitrogens with two attached hydrogens (primary N) is 1. The van der Waals surface area contributed by atoms with Crippen molar-refractivity contribution < 1.29 is 9.84 Å². The van der Waals surface area contributed by atoms with Crippen LogP contribution in [0.4, 0.5) is 0 Å². The Labute approximate surface area is 96.2 Å². The topological polar surface area (TPSA) is 55.5 Å². The number of phenols is 1. The first kappa shape index (κ1) is 11.3. The average Bonchev–Trinajstić information content (AvgIpc) is 2.22. The van der Waals surface area contributed by atoms with Crippen LogP contribution in [0.2, 0.25) is 0 Å². The van der Waals surface area contributed by atoms with E-state index in [4.69, 9.17) is 10.5 Å². The highest BCUT2D eigenvalue weighted by atomic mass is 16.5. The first-order valence-electron chi connectivity index (χ1n) is 5.44. The highest BCUT2D eigenvalue weighted by Gasteiger charge is 2.31. The molecular formula is C13H18NO2. The summed E-state index contributed by atoms with van der Waals surface area (Å²) in [4.78, 5) is 0. The van der Waals surface area contributed by atoms with Crippen molar-refractivity contribution in [3.05, 3.63) is 28.7 Å². The molecule has 3 N–H and O–H groups in total. The summed E-state index contributed by atoms with van der Waals surface area (Å²) in [7, 11) is 0. The van der Waals surface area contributed by atoms with Gasteiger partial charge in [-0.25, -0.2) is 0 Å². The van der Waals surface area contributed by atoms with Crippen molar-refractivity contribution >= 4 is 0 Å². The fraction of sp³-hybridized carbons (Fsp3) is 0.462. The summed E-state index contributed by atoms with van der Waals surface area (Å²) < 4.78 is 5.67. The van der Waals surface area contributed by atoms with E-state index in [1.807, 2.05) is 34.1 Å². The maximum absolute atomic E-state index is 9.95. The monoisotopic (exact) mass is 220 g/mol. The maximum atomic E-state index is 9.95. The molecule has 0 bridgehead atoms. The summed E-state index contributed by atoms with van der Waals surface area (Å²) in [6.45, 7) is 8.14. The molecule has 0 spiro atoms. The first-order valence-corrected chi connectivity index (χ1v) is 5.44. The Balaban J connectivity index is 2.65. The van der Waals surface area contributed by atoms with E-state index in [0.29, 0.717) is 12.4 Å². The van der Waals surface area contributed by atoms with Gasteiger partial charge < -0.3 is 15.6 Å². The zero-order valence-corrected chi connectivity index (χ0v) is 10.2. The molecule has 2 rings (SSSR count). The Morgan fingerprint density at radius 1 is 1.25 bits per heavy atom. The Morgan fingerprint density at radius 3 is 2.50 bits per heavy atom. The highest BCUT2D eigenvalue weighted by molar-refractivity contribution is 5.61. The second-order valence-corrected chi connectivity index (χ2v) is 4.91. The Morgan fingerprint density at radius 2 is 1.88 bits per heavy atom. The molecule has 16 heavy (non-hydrogen) atoms. The van der Waals surface area contributed by atoms with Gasteiger partial charge >= 0.3 is 0 Å². The summed E-state index contributed by atoms with van der Waals surface area (Å²) in [6, 6.07) is 0. The van der Waals surface area contributed by atoms with Crippen LogP contribution >= 0.6 is 0 Å². The summed E-state index contributed by atoms with van der Waals surface area (Å²) in [6.07, 6.45) is 2.03. The first-order chi connectivity index (χ1) is 7.33. The molecule has 0 amide bonds. The zero-order valence-electron chi connectivity index (χ0n) is 10.2. The summed E-state index contributed by atoms with van der Waals surface area (Å²) in [5.41, 5.74) is 9.37. The van der Waals surface area contributed by atoms with E-state index in [1.165, 1.54) is 0 Å². The lowest BCUT2D eigenvalue weighted by Crippen LogP contribution is -2.46. The molecule has 1 aliphatic heterocycles. The number of phenolic OH excluding ortho intramolecular Hbond substituents is 1. The normalized spacial score (nSPS) is 23.8. The molecule has 3 nitrogen and oxygen atoms in total. The molecule has 3 heteroatoms. The summed E-state index contributed by atoms with van der Waals surface area (Å²) in [5.74, 6) is 1.09. The standard InChI is InChI=1S/C13H18NO2/c1-7-8(2)11(15)9(3)12-10(7)5-13(4,14)6-16-12/h5,15H,6,14H2,1-4H3. The molecule has 0 saturated carbocycles. The van der Waals surface area contributed by atoms with Crippen LogP contribution in [0.25, 0.3) is 0 Å². The molecule has 1 heterocycles. The van der Waals surface area contributed by atoms with Crippen LogP contribution in [-0.2, 0) is 0 Å². The molecule has 0 aromatic heterocycles. The van der Waals surface area contributed by atoms with Gasteiger partial charge in [-0.05, 0) is 38.8 Å². The summed E-state index contributed by atoms with van der Waals surface area (Å²) >= 11 is 0. The third-order valence-corrected chi connectivity index (χ3v) is 3.26. The van der Waals surface area contributed by atoms with Crippen LogP contribution in [-0.4, -0.2) is 17.3 Å². The Kier molecular flexibility index (Phi) is 2.39. The van der Waals surface area contributed by atoms with Gasteiger partial charge in [0.25, 0.3) is 0 Å². The third kappa shape index (κ3) is 1.55. The smallest absolute Gasteiger partial charge is 0.129 e. The minimum Gasteiger partial charge on any atom is -0.507 e. The van der Waals surface area contributed by atoms with Gasteiger partial charge in [-0.2, -0.15) is 0 Å². The lowest BCUT2D eigenvalue weighted by Gasteiger charge is -2.33. The number of benzene rings is 1. The highest BCUT2D eigenvalue weighted by Crippen LogP contribution is 2.41. The third-order valence-electron chi connectivity index (χ3n) is 3.26. The van der Waals surface area contributed by atoms with Crippen molar-refractivity contribution in [2.75, 3.05) is 6.61 Å². The Bertz CT molecular complexity index is 450. The van der Waals surface area contributed by atoms with Gasteiger partial charge in [-0.1, -0.05) is 0 Å². The van der Waals surface area contributed by atoms with Crippen LogP contribution in [0.5, 0.6) is 11.5 Å². The molecule has 1 aliphatic rings. The van der Waals surface area contributed by atoms with Crippen molar-refractivity contribution in [2.24, 2.45) is 5.73 Å². The van der Waals surface area contributed by atoms with Gasteiger partial charge in [0.2, 0.25) is 0 Å². The SMILES string of the molecule is Cc1c(C)c2c(c(C)c1O)OCC(C)(N)[CH]2. The second-order valence-electron chi connectivity index (χ2n) is 4.91. The molecule has 1 atom stereocenters. The number of ether oxygens (including phenoxy) is 1. The lowest BCUT2D eigenvalue weighted by molar-refractivity contribution is 0.231. The van der Waals surface area contributed by atoms with E-state index in [-0.39, 0.29) is 0 Å². The predicted octanol–water partition coefficient (Wildman–Crippen LogP) is 1.98. The number of aromatic hydroxyl groups is 1. The van der Waals surface area contributed by atoms with Crippen molar-refractivity contribution in [2.45, 2.75) is 33.2 Å². The summed E-state index contributed by atoms with van der Waals surface area (Å²) in [5, 5.41) is 9.95. The van der Waals surface area contributed by atoms with E-state index in [9.17, 15) is 5.11 Å². The molecule has 1 radical (unpaired) electrons. The van der Waals surface area contributed by atoms with E-state index < -0.39 is 5.54 Å². The zero-order chi connectivity index (χ0) is 12.1. The quantitative estimate of drug-likeness (QED) is 0.703. The van der Waals surface area contributed by atoms with Gasteiger partial charge in [0.1, 0.15) is 18.1 Å². The van der Waals surface area contributed by atoms with Gasteiger partial charge in [0, 0.05) is 17.5 Å². The lowest BCUT2D eigenvalue weighted by atomic mass is 9.86. The van der Waals surface area contributed by atoms with Crippen molar-refractivity contribution in [1.29, 1.82) is 0 Å². The van der Waals surface area contributed by atoms with Crippen LogP contribution < -0.4 is 10.5 Å². The largest absolute Gasteiger partial charge is 0.507 e. The van der Waals surface area contributed by atoms with Gasteiger partial charge in [0.05, 0.1) is 5.54 Å². The van der Waals surface area contributed by atoms with Crippen molar-refractivity contribution in [3.8, 4) is 11.5 Å². The minimum absolute atomic E-state index is 0.324. The van der Waals surface area contributed by atoms with E-state index in [0.717, 1.165) is 28.0 Å². The molecule has 1 unspecified atom stereocenters. The number of fused-ring (bicyclic) bond motifs is 1. The average molecular weight is 220 g/mol. The van der Waals surface area contributed by atoms with Gasteiger partial charge in [-0.15, -0.1) is 0 Å². The van der Waals surface area contributed by atoms with Crippen LogP contribution in [0.1, 0.15) is 29.2 Å². The van der Waals surface area contributed by atoms with E-state index in [1.54, 1.807) is 0 Å². The molecule has 87 valence electrons. The van der Waals surface area contributed by atoms with E-state index in [2.05, 4.69) is 0 Å². The number of rotatable bonds is 0. The predicted molar refractivity (Wildman–Crippen MR) is 63.8 cm³/mol. The maximum Gasteiger partial charge on any atom is 0.129 e. The molecule has 0 saturated heterocycles. The van der Waals surface area contributed by atoms with Crippen LogP contribution in [0.15, 0.2) is 0 Å².